The van der Waals surface area contributed by atoms with Gasteiger partial charge in [-0.2, -0.15) is 0 Å². The molecule has 0 bridgehead atoms. The van der Waals surface area contributed by atoms with Crippen molar-refractivity contribution in [3.05, 3.63) is 90.0 Å². The van der Waals surface area contributed by atoms with Crippen LogP contribution in [-0.2, 0) is 13.0 Å². The normalized spacial score (nSPS) is 10.7. The molecule has 0 saturated heterocycles. The number of benzene rings is 2. The predicted molar refractivity (Wildman–Crippen MR) is 110 cm³/mol. The van der Waals surface area contributed by atoms with Crippen molar-refractivity contribution in [1.29, 1.82) is 0 Å². The molecular weight excluding hydrogens is 350 g/mol. The van der Waals surface area contributed by atoms with E-state index in [9.17, 15) is 4.79 Å². The van der Waals surface area contributed by atoms with E-state index < -0.39 is 0 Å². The lowest BCUT2D eigenvalue weighted by atomic mass is 10.1. The zero-order chi connectivity index (χ0) is 19.2. The fourth-order valence-corrected chi connectivity index (χ4v) is 3.11. The third-order valence-corrected chi connectivity index (χ3v) is 4.57. The van der Waals surface area contributed by atoms with Gasteiger partial charge in [0.2, 0.25) is 0 Å². The van der Waals surface area contributed by atoms with Crippen LogP contribution in [0.3, 0.4) is 0 Å². The molecule has 2 aromatic carbocycles. The second-order valence-corrected chi connectivity index (χ2v) is 6.49. The van der Waals surface area contributed by atoms with Gasteiger partial charge >= 0.3 is 0 Å². The number of amides is 1. The molecule has 0 atom stereocenters. The van der Waals surface area contributed by atoms with Crippen molar-refractivity contribution in [1.82, 2.24) is 20.3 Å². The van der Waals surface area contributed by atoms with E-state index in [0.29, 0.717) is 24.6 Å². The standard InChI is InChI=1S/C22H21N5O/c28-22(25-13-16-6-2-1-3-7-16)20-12-21(27-15-26-20)23-11-10-17-14-24-19-9-5-4-8-18(17)19/h1-9,12,14-15,24H,10-11,13H2,(H,25,28)(H,23,26,27). The van der Waals surface area contributed by atoms with Gasteiger partial charge in [0.25, 0.3) is 5.91 Å². The molecule has 2 heterocycles. The molecule has 0 aliphatic carbocycles. The predicted octanol–water partition coefficient (Wildman–Crippen LogP) is 3.54. The van der Waals surface area contributed by atoms with Crippen molar-refractivity contribution in [3.63, 3.8) is 0 Å². The minimum Gasteiger partial charge on any atom is -0.370 e. The van der Waals surface area contributed by atoms with Gasteiger partial charge in [0, 0.05) is 36.3 Å². The molecule has 6 nitrogen and oxygen atoms in total. The summed E-state index contributed by atoms with van der Waals surface area (Å²) >= 11 is 0. The van der Waals surface area contributed by atoms with E-state index in [1.54, 1.807) is 6.07 Å². The minimum absolute atomic E-state index is 0.217. The summed E-state index contributed by atoms with van der Waals surface area (Å²) in [4.78, 5) is 23.9. The van der Waals surface area contributed by atoms with Crippen molar-refractivity contribution in [3.8, 4) is 0 Å². The smallest absolute Gasteiger partial charge is 0.270 e. The summed E-state index contributed by atoms with van der Waals surface area (Å²) in [5.41, 5.74) is 3.78. The van der Waals surface area contributed by atoms with Gasteiger partial charge in [-0.25, -0.2) is 9.97 Å². The van der Waals surface area contributed by atoms with Crippen LogP contribution in [0.1, 0.15) is 21.6 Å². The Balaban J connectivity index is 1.33. The maximum atomic E-state index is 12.3. The maximum absolute atomic E-state index is 12.3. The van der Waals surface area contributed by atoms with Gasteiger partial charge < -0.3 is 15.6 Å². The molecule has 0 saturated carbocycles. The van der Waals surface area contributed by atoms with Crippen molar-refractivity contribution in [2.75, 3.05) is 11.9 Å². The van der Waals surface area contributed by atoms with Crippen LogP contribution in [0.4, 0.5) is 5.82 Å². The Bertz CT molecular complexity index is 1070. The lowest BCUT2D eigenvalue weighted by molar-refractivity contribution is 0.0946. The molecular formula is C22H21N5O. The number of carbonyl (C=O) groups is 1. The highest BCUT2D eigenvalue weighted by atomic mass is 16.1. The molecule has 0 aliphatic heterocycles. The van der Waals surface area contributed by atoms with E-state index in [-0.39, 0.29) is 5.91 Å². The van der Waals surface area contributed by atoms with E-state index in [1.807, 2.05) is 48.7 Å². The summed E-state index contributed by atoms with van der Waals surface area (Å²) in [6.45, 7) is 1.18. The van der Waals surface area contributed by atoms with Crippen molar-refractivity contribution in [2.45, 2.75) is 13.0 Å². The molecule has 0 fully saturated rings. The number of hydrogen-bond donors (Lipinski definition) is 3. The number of aromatic amines is 1. The second kappa shape index (κ2) is 8.35. The van der Waals surface area contributed by atoms with Gasteiger partial charge in [0.05, 0.1) is 0 Å². The quantitative estimate of drug-likeness (QED) is 0.464. The van der Waals surface area contributed by atoms with Gasteiger partial charge in [-0.15, -0.1) is 0 Å². The number of carbonyl (C=O) groups excluding carboxylic acids is 1. The first-order valence-electron chi connectivity index (χ1n) is 9.22. The number of rotatable bonds is 7. The highest BCUT2D eigenvalue weighted by molar-refractivity contribution is 5.92. The number of hydrogen-bond acceptors (Lipinski definition) is 4. The third-order valence-electron chi connectivity index (χ3n) is 4.57. The highest BCUT2D eigenvalue weighted by Gasteiger charge is 2.09. The van der Waals surface area contributed by atoms with Crippen LogP contribution in [0.2, 0.25) is 0 Å². The van der Waals surface area contributed by atoms with Crippen molar-refractivity contribution < 1.29 is 4.79 Å². The number of nitrogens with zero attached hydrogens (tertiary/aromatic N) is 2. The number of aromatic nitrogens is 3. The molecule has 0 radical (unpaired) electrons. The molecule has 0 unspecified atom stereocenters. The second-order valence-electron chi connectivity index (χ2n) is 6.49. The summed E-state index contributed by atoms with van der Waals surface area (Å²) in [6.07, 6.45) is 4.30. The Hall–Kier alpha value is -3.67. The van der Waals surface area contributed by atoms with E-state index in [4.69, 9.17) is 0 Å². The Kier molecular flexibility index (Phi) is 5.29. The number of nitrogens with one attached hydrogen (secondary N) is 3. The summed E-state index contributed by atoms with van der Waals surface area (Å²) in [5, 5.41) is 7.38. The van der Waals surface area contributed by atoms with E-state index in [0.717, 1.165) is 17.5 Å². The van der Waals surface area contributed by atoms with E-state index >= 15 is 0 Å². The molecule has 28 heavy (non-hydrogen) atoms. The van der Waals surface area contributed by atoms with Gasteiger partial charge in [-0.05, 0) is 23.6 Å². The first kappa shape index (κ1) is 17.7. The van der Waals surface area contributed by atoms with E-state index in [2.05, 4.69) is 37.7 Å². The van der Waals surface area contributed by atoms with Crippen molar-refractivity contribution >= 4 is 22.6 Å². The SMILES string of the molecule is O=C(NCc1ccccc1)c1cc(NCCc2c[nH]c3ccccc23)ncn1. The molecule has 3 N–H and O–H groups in total. The third kappa shape index (κ3) is 4.17. The molecule has 2 aromatic heterocycles. The summed E-state index contributed by atoms with van der Waals surface area (Å²) < 4.78 is 0. The van der Waals surface area contributed by atoms with Crippen LogP contribution in [-0.4, -0.2) is 27.4 Å². The topological polar surface area (TPSA) is 82.7 Å². The molecule has 1 amide bonds. The highest BCUT2D eigenvalue weighted by Crippen LogP contribution is 2.18. The number of fused-ring (bicyclic) bond motifs is 1. The van der Waals surface area contributed by atoms with Crippen LogP contribution in [0.25, 0.3) is 10.9 Å². The average molecular weight is 371 g/mol. The summed E-state index contributed by atoms with van der Waals surface area (Å²) in [7, 11) is 0. The first-order valence-corrected chi connectivity index (χ1v) is 9.22. The molecule has 0 spiro atoms. The summed E-state index contributed by atoms with van der Waals surface area (Å²) in [5.74, 6) is 0.422. The van der Waals surface area contributed by atoms with Crippen LogP contribution < -0.4 is 10.6 Å². The van der Waals surface area contributed by atoms with Crippen LogP contribution in [0.15, 0.2) is 73.2 Å². The van der Waals surface area contributed by atoms with E-state index in [1.165, 1.54) is 17.3 Å². The van der Waals surface area contributed by atoms with Crippen LogP contribution in [0, 0.1) is 0 Å². The number of anilines is 1. The Labute approximate surface area is 163 Å². The molecule has 4 aromatic rings. The summed E-state index contributed by atoms with van der Waals surface area (Å²) in [6, 6.07) is 19.7. The largest absolute Gasteiger partial charge is 0.370 e. The zero-order valence-corrected chi connectivity index (χ0v) is 15.4. The first-order chi connectivity index (χ1) is 13.8. The Morgan fingerprint density at radius 2 is 1.82 bits per heavy atom. The van der Waals surface area contributed by atoms with Gasteiger partial charge in [0.15, 0.2) is 0 Å². The minimum atomic E-state index is -0.217. The molecule has 4 rings (SSSR count). The molecule has 140 valence electrons. The zero-order valence-electron chi connectivity index (χ0n) is 15.4. The monoisotopic (exact) mass is 371 g/mol. The van der Waals surface area contributed by atoms with Gasteiger partial charge in [0.1, 0.15) is 17.8 Å². The van der Waals surface area contributed by atoms with Crippen LogP contribution in [0.5, 0.6) is 0 Å². The number of para-hydroxylation sites is 1. The maximum Gasteiger partial charge on any atom is 0.270 e. The molecule has 6 heteroatoms. The Morgan fingerprint density at radius 3 is 2.71 bits per heavy atom. The fraction of sp³-hybridized carbons (Fsp3) is 0.136. The van der Waals surface area contributed by atoms with Gasteiger partial charge in [-0.1, -0.05) is 48.5 Å². The number of H-pyrrole nitrogens is 1. The van der Waals surface area contributed by atoms with Gasteiger partial charge in [-0.3, -0.25) is 4.79 Å². The lowest BCUT2D eigenvalue weighted by Crippen LogP contribution is -2.24. The molecule has 0 aliphatic rings. The lowest BCUT2D eigenvalue weighted by Gasteiger charge is -2.08. The fourth-order valence-electron chi connectivity index (χ4n) is 3.11. The average Bonchev–Trinajstić information content (AvgIpc) is 3.16. The Morgan fingerprint density at radius 1 is 1.00 bits per heavy atom. The van der Waals surface area contributed by atoms with Crippen LogP contribution >= 0.6 is 0 Å². The van der Waals surface area contributed by atoms with Crippen molar-refractivity contribution in [2.24, 2.45) is 0 Å².